The molecule has 1 amide bonds. The van der Waals surface area contributed by atoms with Crippen molar-refractivity contribution in [2.45, 2.75) is 12.5 Å². The Morgan fingerprint density at radius 3 is 2.54 bits per heavy atom. The number of hydrogen-bond acceptors (Lipinski definition) is 4. The van der Waals surface area contributed by atoms with E-state index in [4.69, 9.17) is 4.74 Å². The summed E-state index contributed by atoms with van der Waals surface area (Å²) in [5.41, 5.74) is 2.80. The highest BCUT2D eigenvalue weighted by Crippen LogP contribution is 2.33. The van der Waals surface area contributed by atoms with Gasteiger partial charge in [0.2, 0.25) is 0 Å². The lowest BCUT2D eigenvalue weighted by atomic mass is 10.1. The zero-order chi connectivity index (χ0) is 18.1. The molecule has 0 saturated heterocycles. The number of fused-ring (bicyclic) bond motifs is 1. The Kier molecular flexibility index (Phi) is 4.01. The Balaban J connectivity index is 1.70. The number of aromatic nitrogens is 2. The standard InChI is InChI=1S/C20H17N3O3/c1-26-20(25)18-13-14-7-5-6-10-17(14)23(18)19(24)16-11-12-22(21-16)15-8-3-2-4-9-15/h2-12,18H,13H2,1H3. The second-order valence-corrected chi connectivity index (χ2v) is 6.03. The highest BCUT2D eigenvalue weighted by Gasteiger charge is 2.40. The van der Waals surface area contributed by atoms with Crippen molar-refractivity contribution in [1.29, 1.82) is 0 Å². The number of hydrogen-bond donors (Lipinski definition) is 0. The summed E-state index contributed by atoms with van der Waals surface area (Å²) in [6.07, 6.45) is 2.17. The van der Waals surface area contributed by atoms with Gasteiger partial charge in [-0.3, -0.25) is 9.69 Å². The van der Waals surface area contributed by atoms with Gasteiger partial charge in [-0.15, -0.1) is 0 Å². The maximum absolute atomic E-state index is 13.1. The van der Waals surface area contributed by atoms with Gasteiger partial charge in [0.15, 0.2) is 5.69 Å². The largest absolute Gasteiger partial charge is 0.467 e. The van der Waals surface area contributed by atoms with Gasteiger partial charge in [-0.25, -0.2) is 9.48 Å². The van der Waals surface area contributed by atoms with Crippen LogP contribution in [0.5, 0.6) is 0 Å². The lowest BCUT2D eigenvalue weighted by molar-refractivity contribution is -0.141. The topological polar surface area (TPSA) is 64.4 Å². The number of benzene rings is 2. The summed E-state index contributed by atoms with van der Waals surface area (Å²) in [4.78, 5) is 26.8. The van der Waals surface area contributed by atoms with Crippen LogP contribution in [-0.2, 0) is 16.0 Å². The highest BCUT2D eigenvalue weighted by molar-refractivity contribution is 6.10. The highest BCUT2D eigenvalue weighted by atomic mass is 16.5. The van der Waals surface area contributed by atoms with Gasteiger partial charge in [0, 0.05) is 18.3 Å². The quantitative estimate of drug-likeness (QED) is 0.683. The third-order valence-corrected chi connectivity index (χ3v) is 4.50. The third-order valence-electron chi connectivity index (χ3n) is 4.50. The average molecular weight is 347 g/mol. The van der Waals surface area contributed by atoms with Crippen molar-refractivity contribution in [3.63, 3.8) is 0 Å². The van der Waals surface area contributed by atoms with E-state index in [-0.39, 0.29) is 11.6 Å². The van der Waals surface area contributed by atoms with Crippen molar-refractivity contribution in [2.24, 2.45) is 0 Å². The SMILES string of the molecule is COC(=O)C1Cc2ccccc2N1C(=O)c1ccn(-c2ccccc2)n1. The zero-order valence-corrected chi connectivity index (χ0v) is 14.2. The minimum absolute atomic E-state index is 0.277. The second kappa shape index (κ2) is 6.48. The van der Waals surface area contributed by atoms with Gasteiger partial charge < -0.3 is 4.74 Å². The zero-order valence-electron chi connectivity index (χ0n) is 14.2. The first-order valence-electron chi connectivity index (χ1n) is 8.29. The first-order valence-corrected chi connectivity index (χ1v) is 8.29. The van der Waals surface area contributed by atoms with E-state index < -0.39 is 12.0 Å². The molecule has 0 fully saturated rings. The molecule has 1 aliphatic heterocycles. The number of amides is 1. The molecule has 0 bridgehead atoms. The smallest absolute Gasteiger partial charge is 0.329 e. The lowest BCUT2D eigenvalue weighted by Crippen LogP contribution is -2.43. The molecule has 6 heteroatoms. The van der Waals surface area contributed by atoms with Crippen LogP contribution < -0.4 is 4.90 Å². The van der Waals surface area contributed by atoms with Crippen molar-refractivity contribution in [3.8, 4) is 5.69 Å². The molecule has 0 radical (unpaired) electrons. The molecule has 3 aromatic rings. The molecule has 4 rings (SSSR count). The summed E-state index contributed by atoms with van der Waals surface area (Å²) in [5.74, 6) is -0.753. The fourth-order valence-electron chi connectivity index (χ4n) is 3.25. The predicted molar refractivity (Wildman–Crippen MR) is 96.3 cm³/mol. The fourth-order valence-corrected chi connectivity index (χ4v) is 3.25. The fraction of sp³-hybridized carbons (Fsp3) is 0.150. The van der Waals surface area contributed by atoms with Crippen molar-refractivity contribution in [1.82, 2.24) is 9.78 Å². The van der Waals surface area contributed by atoms with Crippen LogP contribution >= 0.6 is 0 Å². The first-order chi connectivity index (χ1) is 12.7. The first kappa shape index (κ1) is 16.1. The second-order valence-electron chi connectivity index (χ2n) is 6.03. The molecule has 1 aromatic heterocycles. The van der Waals surface area contributed by atoms with Gasteiger partial charge in [-0.1, -0.05) is 36.4 Å². The molecule has 1 atom stereocenters. The molecule has 2 heterocycles. The number of ether oxygens (including phenoxy) is 1. The molecule has 130 valence electrons. The van der Waals surface area contributed by atoms with Gasteiger partial charge >= 0.3 is 5.97 Å². The van der Waals surface area contributed by atoms with Gasteiger partial charge in [0.25, 0.3) is 5.91 Å². The minimum Gasteiger partial charge on any atom is -0.467 e. The van der Waals surface area contributed by atoms with Crippen LogP contribution in [0.4, 0.5) is 5.69 Å². The van der Waals surface area contributed by atoms with E-state index >= 15 is 0 Å². The number of para-hydroxylation sites is 2. The van der Waals surface area contributed by atoms with E-state index in [1.807, 2.05) is 54.6 Å². The molecule has 0 aliphatic carbocycles. The van der Waals surface area contributed by atoms with E-state index in [1.54, 1.807) is 16.9 Å². The summed E-state index contributed by atoms with van der Waals surface area (Å²) in [6, 6.07) is 18.0. The van der Waals surface area contributed by atoms with Crippen LogP contribution in [0, 0.1) is 0 Å². The molecular formula is C20H17N3O3. The van der Waals surface area contributed by atoms with Crippen LogP contribution in [-0.4, -0.2) is 34.8 Å². The number of carbonyl (C=O) groups excluding carboxylic acids is 2. The summed E-state index contributed by atoms with van der Waals surface area (Å²) >= 11 is 0. The molecule has 2 aromatic carbocycles. The molecule has 6 nitrogen and oxygen atoms in total. The summed E-state index contributed by atoms with van der Waals surface area (Å²) in [5, 5.41) is 4.39. The maximum Gasteiger partial charge on any atom is 0.329 e. The van der Waals surface area contributed by atoms with Crippen molar-refractivity contribution in [3.05, 3.63) is 78.1 Å². The van der Waals surface area contributed by atoms with Crippen molar-refractivity contribution < 1.29 is 14.3 Å². The van der Waals surface area contributed by atoms with Crippen LogP contribution in [0.15, 0.2) is 66.9 Å². The molecule has 1 unspecified atom stereocenters. The van der Waals surface area contributed by atoms with Crippen LogP contribution in [0.1, 0.15) is 16.1 Å². The number of nitrogens with zero attached hydrogens (tertiary/aromatic N) is 3. The molecule has 0 saturated carbocycles. The molecular weight excluding hydrogens is 330 g/mol. The van der Waals surface area contributed by atoms with Crippen LogP contribution in [0.3, 0.4) is 0 Å². The number of methoxy groups -OCH3 is 1. The molecule has 26 heavy (non-hydrogen) atoms. The maximum atomic E-state index is 13.1. The van der Waals surface area contributed by atoms with E-state index in [0.29, 0.717) is 6.42 Å². The Morgan fingerprint density at radius 2 is 1.77 bits per heavy atom. The van der Waals surface area contributed by atoms with Gasteiger partial charge in [0.05, 0.1) is 12.8 Å². The van der Waals surface area contributed by atoms with E-state index in [9.17, 15) is 9.59 Å². The number of esters is 1. The Labute approximate surface area is 150 Å². The summed E-state index contributed by atoms with van der Waals surface area (Å²) < 4.78 is 6.54. The number of anilines is 1. The van der Waals surface area contributed by atoms with E-state index in [2.05, 4.69) is 5.10 Å². The monoisotopic (exact) mass is 347 g/mol. The Morgan fingerprint density at radius 1 is 1.04 bits per heavy atom. The normalized spacial score (nSPS) is 15.6. The van der Waals surface area contributed by atoms with Crippen LogP contribution in [0.2, 0.25) is 0 Å². The van der Waals surface area contributed by atoms with Crippen LogP contribution in [0.25, 0.3) is 5.69 Å². The Hall–Kier alpha value is -3.41. The predicted octanol–water partition coefficient (Wildman–Crippen LogP) is 2.62. The third kappa shape index (κ3) is 2.65. The molecule has 0 N–H and O–H groups in total. The van der Waals surface area contributed by atoms with Gasteiger partial charge in [-0.05, 0) is 29.8 Å². The van der Waals surface area contributed by atoms with E-state index in [0.717, 1.165) is 16.9 Å². The number of rotatable bonds is 3. The lowest BCUT2D eigenvalue weighted by Gasteiger charge is -2.22. The Bertz CT molecular complexity index is 965. The van der Waals surface area contributed by atoms with Gasteiger partial charge in [-0.2, -0.15) is 5.10 Å². The molecule has 0 spiro atoms. The summed E-state index contributed by atoms with van der Waals surface area (Å²) in [6.45, 7) is 0. The summed E-state index contributed by atoms with van der Waals surface area (Å²) in [7, 11) is 1.33. The average Bonchev–Trinajstić information content (AvgIpc) is 3.32. The minimum atomic E-state index is -0.674. The van der Waals surface area contributed by atoms with Crippen molar-refractivity contribution >= 4 is 17.6 Å². The molecule has 1 aliphatic rings. The number of carbonyl (C=O) groups is 2. The van der Waals surface area contributed by atoms with Crippen molar-refractivity contribution in [2.75, 3.05) is 12.0 Å². The van der Waals surface area contributed by atoms with E-state index in [1.165, 1.54) is 12.0 Å². The van der Waals surface area contributed by atoms with Gasteiger partial charge in [0.1, 0.15) is 6.04 Å².